The summed E-state index contributed by atoms with van der Waals surface area (Å²) >= 11 is 0. The molecule has 1 amide bonds. The Balaban J connectivity index is 2.83. The van der Waals surface area contributed by atoms with E-state index in [1.807, 2.05) is 13.8 Å². The van der Waals surface area contributed by atoms with Gasteiger partial charge in [-0.2, -0.15) is 0 Å². The molecule has 0 bridgehead atoms. The standard InChI is InChI=1S/C15H22N2O3/c1-4-20-14(18)10-17(9-11(2)3)15(19)12-5-7-13(16)8-6-12/h5-8,11H,4,9-10,16H2,1-3H3. The fourth-order valence-corrected chi connectivity index (χ4v) is 1.83. The normalized spacial score (nSPS) is 10.4. The van der Waals surface area contributed by atoms with Crippen molar-refractivity contribution in [2.45, 2.75) is 20.8 Å². The Bertz CT molecular complexity index is 455. The summed E-state index contributed by atoms with van der Waals surface area (Å²) < 4.78 is 4.91. The lowest BCUT2D eigenvalue weighted by atomic mass is 10.1. The van der Waals surface area contributed by atoms with E-state index in [4.69, 9.17) is 10.5 Å². The second-order valence-electron chi connectivity index (χ2n) is 5.01. The molecule has 0 radical (unpaired) electrons. The molecule has 2 N–H and O–H groups in total. The van der Waals surface area contributed by atoms with Crippen molar-refractivity contribution in [2.24, 2.45) is 5.92 Å². The summed E-state index contributed by atoms with van der Waals surface area (Å²) in [4.78, 5) is 25.5. The highest BCUT2D eigenvalue weighted by atomic mass is 16.5. The van der Waals surface area contributed by atoms with E-state index in [0.717, 1.165) is 0 Å². The molecule has 20 heavy (non-hydrogen) atoms. The van der Waals surface area contributed by atoms with Crippen molar-refractivity contribution in [1.29, 1.82) is 0 Å². The van der Waals surface area contributed by atoms with Gasteiger partial charge in [-0.3, -0.25) is 9.59 Å². The third-order valence-electron chi connectivity index (χ3n) is 2.66. The Morgan fingerprint density at radius 3 is 2.35 bits per heavy atom. The molecule has 0 aliphatic carbocycles. The minimum absolute atomic E-state index is 0.0325. The van der Waals surface area contributed by atoms with Crippen LogP contribution in [0.1, 0.15) is 31.1 Å². The zero-order chi connectivity index (χ0) is 15.1. The largest absolute Gasteiger partial charge is 0.465 e. The molecule has 0 aliphatic heterocycles. The zero-order valence-electron chi connectivity index (χ0n) is 12.3. The summed E-state index contributed by atoms with van der Waals surface area (Å²) in [6.45, 7) is 6.51. The number of nitrogens with zero attached hydrogens (tertiary/aromatic N) is 1. The lowest BCUT2D eigenvalue weighted by Crippen LogP contribution is -2.38. The fourth-order valence-electron chi connectivity index (χ4n) is 1.83. The molecule has 1 rings (SSSR count). The van der Waals surface area contributed by atoms with Crippen molar-refractivity contribution < 1.29 is 14.3 Å². The van der Waals surface area contributed by atoms with E-state index in [0.29, 0.717) is 24.4 Å². The Hall–Kier alpha value is -2.04. The van der Waals surface area contributed by atoms with E-state index in [1.165, 1.54) is 4.90 Å². The summed E-state index contributed by atoms with van der Waals surface area (Å²) in [5.74, 6) is -0.314. The summed E-state index contributed by atoms with van der Waals surface area (Å²) in [5.41, 5.74) is 6.72. The van der Waals surface area contributed by atoms with Gasteiger partial charge in [-0.05, 0) is 37.1 Å². The molecule has 0 aliphatic rings. The second kappa shape index (κ2) is 7.53. The summed E-state index contributed by atoms with van der Waals surface area (Å²) in [5, 5.41) is 0. The average molecular weight is 278 g/mol. The van der Waals surface area contributed by atoms with Crippen molar-refractivity contribution in [3.63, 3.8) is 0 Å². The van der Waals surface area contributed by atoms with Crippen molar-refractivity contribution >= 4 is 17.6 Å². The molecule has 0 atom stereocenters. The molecule has 0 fully saturated rings. The van der Waals surface area contributed by atoms with Gasteiger partial charge < -0.3 is 15.4 Å². The maximum Gasteiger partial charge on any atom is 0.325 e. The molecule has 0 aromatic heterocycles. The number of hydrogen-bond acceptors (Lipinski definition) is 4. The SMILES string of the molecule is CCOC(=O)CN(CC(C)C)C(=O)c1ccc(N)cc1. The van der Waals surface area contributed by atoms with E-state index in [1.54, 1.807) is 31.2 Å². The Morgan fingerprint density at radius 1 is 1.25 bits per heavy atom. The molecule has 1 aromatic carbocycles. The average Bonchev–Trinajstić information content (AvgIpc) is 2.38. The molecule has 5 heteroatoms. The lowest BCUT2D eigenvalue weighted by molar-refractivity contribution is -0.143. The van der Waals surface area contributed by atoms with Crippen LogP contribution in [-0.4, -0.2) is 36.5 Å². The first-order valence-electron chi connectivity index (χ1n) is 6.74. The number of carbonyl (C=O) groups excluding carboxylic acids is 2. The van der Waals surface area contributed by atoms with Gasteiger partial charge in [0.1, 0.15) is 6.54 Å². The van der Waals surface area contributed by atoms with Gasteiger partial charge in [-0.25, -0.2) is 0 Å². The van der Waals surface area contributed by atoms with Crippen molar-refractivity contribution in [3.05, 3.63) is 29.8 Å². The maximum atomic E-state index is 12.4. The smallest absolute Gasteiger partial charge is 0.325 e. The molecule has 5 nitrogen and oxygen atoms in total. The van der Waals surface area contributed by atoms with Crippen LogP contribution in [0.2, 0.25) is 0 Å². The lowest BCUT2D eigenvalue weighted by Gasteiger charge is -2.23. The van der Waals surface area contributed by atoms with Crippen LogP contribution in [0, 0.1) is 5.92 Å². The van der Waals surface area contributed by atoms with Crippen LogP contribution in [0.3, 0.4) is 0 Å². The third kappa shape index (κ3) is 4.91. The van der Waals surface area contributed by atoms with Gasteiger partial charge in [0, 0.05) is 17.8 Å². The molecule has 1 aromatic rings. The summed E-state index contributed by atoms with van der Waals surface area (Å²) in [6.07, 6.45) is 0. The van der Waals surface area contributed by atoms with Crippen molar-refractivity contribution in [1.82, 2.24) is 4.90 Å². The number of benzene rings is 1. The number of amides is 1. The van der Waals surface area contributed by atoms with Crippen LogP contribution in [-0.2, 0) is 9.53 Å². The second-order valence-corrected chi connectivity index (χ2v) is 5.01. The number of esters is 1. The van der Waals surface area contributed by atoms with Gasteiger partial charge in [-0.1, -0.05) is 13.8 Å². The van der Waals surface area contributed by atoms with E-state index in [2.05, 4.69) is 0 Å². The van der Waals surface area contributed by atoms with Gasteiger partial charge >= 0.3 is 5.97 Å². The highest BCUT2D eigenvalue weighted by Gasteiger charge is 2.20. The maximum absolute atomic E-state index is 12.4. The van der Waals surface area contributed by atoms with E-state index >= 15 is 0 Å². The number of ether oxygens (including phenoxy) is 1. The summed E-state index contributed by atoms with van der Waals surface area (Å²) in [7, 11) is 0. The molecule has 0 spiro atoms. The Morgan fingerprint density at radius 2 is 1.85 bits per heavy atom. The molecule has 110 valence electrons. The van der Waals surface area contributed by atoms with E-state index < -0.39 is 5.97 Å². The monoisotopic (exact) mass is 278 g/mol. The quantitative estimate of drug-likeness (QED) is 0.637. The van der Waals surface area contributed by atoms with Crippen LogP contribution in [0.15, 0.2) is 24.3 Å². The van der Waals surface area contributed by atoms with Crippen LogP contribution < -0.4 is 5.73 Å². The predicted octanol–water partition coefficient (Wildman–Crippen LogP) is 1.93. The number of carbonyl (C=O) groups is 2. The van der Waals surface area contributed by atoms with Gasteiger partial charge in [0.15, 0.2) is 0 Å². The molecule has 0 saturated heterocycles. The fraction of sp³-hybridized carbons (Fsp3) is 0.467. The number of nitrogens with two attached hydrogens (primary N) is 1. The number of hydrogen-bond donors (Lipinski definition) is 1. The number of nitrogen functional groups attached to an aromatic ring is 1. The predicted molar refractivity (Wildman–Crippen MR) is 78.2 cm³/mol. The first-order chi connectivity index (χ1) is 9.43. The van der Waals surface area contributed by atoms with E-state index in [9.17, 15) is 9.59 Å². The zero-order valence-corrected chi connectivity index (χ0v) is 12.3. The van der Waals surface area contributed by atoms with Gasteiger partial charge in [0.25, 0.3) is 5.91 Å². The van der Waals surface area contributed by atoms with E-state index in [-0.39, 0.29) is 18.4 Å². The van der Waals surface area contributed by atoms with Gasteiger partial charge in [0.05, 0.1) is 6.61 Å². The minimum atomic E-state index is -0.392. The van der Waals surface area contributed by atoms with Crippen LogP contribution >= 0.6 is 0 Å². The highest BCUT2D eigenvalue weighted by Crippen LogP contribution is 2.10. The molecule has 0 saturated carbocycles. The minimum Gasteiger partial charge on any atom is -0.465 e. The molecular weight excluding hydrogens is 256 g/mol. The number of rotatable bonds is 6. The van der Waals surface area contributed by atoms with Crippen molar-refractivity contribution in [3.8, 4) is 0 Å². The molecule has 0 heterocycles. The molecular formula is C15H22N2O3. The Labute approximate surface area is 119 Å². The first-order valence-corrected chi connectivity index (χ1v) is 6.74. The topological polar surface area (TPSA) is 72.6 Å². The number of anilines is 1. The van der Waals surface area contributed by atoms with Crippen LogP contribution in [0.25, 0.3) is 0 Å². The van der Waals surface area contributed by atoms with Crippen LogP contribution in [0.5, 0.6) is 0 Å². The highest BCUT2D eigenvalue weighted by molar-refractivity contribution is 5.96. The first kappa shape index (κ1) is 16.0. The van der Waals surface area contributed by atoms with Crippen LogP contribution in [0.4, 0.5) is 5.69 Å². The summed E-state index contributed by atoms with van der Waals surface area (Å²) in [6, 6.07) is 6.67. The third-order valence-corrected chi connectivity index (χ3v) is 2.66. The molecule has 0 unspecified atom stereocenters. The van der Waals surface area contributed by atoms with Crippen molar-refractivity contribution in [2.75, 3.05) is 25.4 Å². The van der Waals surface area contributed by atoms with Gasteiger partial charge in [-0.15, -0.1) is 0 Å². The van der Waals surface area contributed by atoms with Gasteiger partial charge in [0.2, 0.25) is 0 Å². The Kier molecular flexibility index (Phi) is 6.03.